The molecule has 0 aromatic carbocycles. The first-order valence-corrected chi connectivity index (χ1v) is 5.05. The Morgan fingerprint density at radius 3 is 3.21 bits per heavy atom. The van der Waals surface area contributed by atoms with Crippen molar-refractivity contribution in [1.29, 1.82) is 0 Å². The lowest BCUT2D eigenvalue weighted by atomic mass is 9.91. The minimum absolute atomic E-state index is 0.225. The number of oxazole rings is 1. The highest BCUT2D eigenvalue weighted by molar-refractivity contribution is 5.10. The smallest absolute Gasteiger partial charge is 0.181 e. The molecule has 2 rings (SSSR count). The van der Waals surface area contributed by atoms with Gasteiger partial charge in [0.05, 0.1) is 11.7 Å². The van der Waals surface area contributed by atoms with Gasteiger partial charge in [-0.15, -0.1) is 0 Å². The number of aryl methyl sites for hydroxylation is 1. The largest absolute Gasteiger partial charge is 0.447 e. The van der Waals surface area contributed by atoms with E-state index < -0.39 is 0 Å². The highest BCUT2D eigenvalue weighted by atomic mass is 16.3. The average molecular weight is 196 g/mol. The first-order valence-electron chi connectivity index (χ1n) is 5.05. The lowest BCUT2D eigenvalue weighted by molar-refractivity contribution is 0.169. The van der Waals surface area contributed by atoms with Crippen molar-refractivity contribution < 1.29 is 9.52 Å². The summed E-state index contributed by atoms with van der Waals surface area (Å²) in [5.41, 5.74) is 0.945. The second-order valence-electron chi connectivity index (χ2n) is 3.88. The van der Waals surface area contributed by atoms with Crippen molar-refractivity contribution in [3.8, 4) is 0 Å². The molecule has 4 nitrogen and oxygen atoms in total. The second-order valence-corrected chi connectivity index (χ2v) is 3.88. The number of aliphatic hydroxyl groups excluding tert-OH is 1. The second kappa shape index (κ2) is 4.11. The monoisotopic (exact) mass is 196 g/mol. The fourth-order valence-corrected chi connectivity index (χ4v) is 2.01. The maximum absolute atomic E-state index is 9.10. The molecule has 4 heteroatoms. The number of hydrogen-bond acceptors (Lipinski definition) is 4. The van der Waals surface area contributed by atoms with Crippen LogP contribution < -0.4 is 5.32 Å². The van der Waals surface area contributed by atoms with Crippen molar-refractivity contribution in [3.63, 3.8) is 0 Å². The molecule has 0 amide bonds. The third-order valence-electron chi connectivity index (χ3n) is 2.87. The molecule has 2 N–H and O–H groups in total. The van der Waals surface area contributed by atoms with Crippen molar-refractivity contribution >= 4 is 0 Å². The zero-order valence-corrected chi connectivity index (χ0v) is 8.36. The summed E-state index contributed by atoms with van der Waals surface area (Å²) in [6.45, 7) is 3.16. The van der Waals surface area contributed by atoms with Crippen LogP contribution in [0.1, 0.15) is 30.3 Å². The van der Waals surface area contributed by atoms with Crippen LogP contribution in [-0.4, -0.2) is 23.2 Å². The van der Waals surface area contributed by atoms with Gasteiger partial charge in [0.1, 0.15) is 5.76 Å². The van der Waals surface area contributed by atoms with Gasteiger partial charge in [-0.25, -0.2) is 4.98 Å². The fourth-order valence-electron chi connectivity index (χ4n) is 2.01. The molecule has 1 aromatic rings. The molecule has 1 saturated heterocycles. The third kappa shape index (κ3) is 1.81. The SMILES string of the molecule is Cc1ncoc1C1CC(CO)CCN1. The minimum atomic E-state index is 0.225. The Morgan fingerprint density at radius 1 is 1.71 bits per heavy atom. The Morgan fingerprint density at radius 2 is 2.57 bits per heavy atom. The van der Waals surface area contributed by atoms with E-state index >= 15 is 0 Å². The third-order valence-corrected chi connectivity index (χ3v) is 2.87. The van der Waals surface area contributed by atoms with E-state index in [1.807, 2.05) is 6.92 Å². The highest BCUT2D eigenvalue weighted by Gasteiger charge is 2.25. The molecule has 78 valence electrons. The summed E-state index contributed by atoms with van der Waals surface area (Å²) in [7, 11) is 0. The van der Waals surface area contributed by atoms with Crippen molar-refractivity contribution in [2.45, 2.75) is 25.8 Å². The minimum Gasteiger partial charge on any atom is -0.447 e. The van der Waals surface area contributed by atoms with Crippen LogP contribution in [0.4, 0.5) is 0 Å². The fraction of sp³-hybridized carbons (Fsp3) is 0.700. The van der Waals surface area contributed by atoms with Gasteiger partial charge in [-0.05, 0) is 32.2 Å². The number of piperidine rings is 1. The van der Waals surface area contributed by atoms with E-state index in [0.29, 0.717) is 5.92 Å². The van der Waals surface area contributed by atoms with Crippen LogP contribution in [0.3, 0.4) is 0 Å². The van der Waals surface area contributed by atoms with Crippen molar-refractivity contribution in [1.82, 2.24) is 10.3 Å². The number of hydrogen-bond donors (Lipinski definition) is 2. The summed E-state index contributed by atoms with van der Waals surface area (Å²) in [6.07, 6.45) is 3.46. The molecular formula is C10H16N2O2. The molecule has 2 atom stereocenters. The Balaban J connectivity index is 2.08. The number of aromatic nitrogens is 1. The molecule has 0 spiro atoms. The van der Waals surface area contributed by atoms with Crippen LogP contribution in [0.25, 0.3) is 0 Å². The van der Waals surface area contributed by atoms with E-state index in [-0.39, 0.29) is 12.6 Å². The standard InChI is InChI=1S/C10H16N2O2/c1-7-10(14-6-12-7)9-4-8(5-13)2-3-11-9/h6,8-9,11,13H,2-5H2,1H3. The molecule has 0 saturated carbocycles. The van der Waals surface area contributed by atoms with E-state index in [1.54, 1.807) is 0 Å². The molecule has 2 heterocycles. The van der Waals surface area contributed by atoms with Crippen LogP contribution in [0.2, 0.25) is 0 Å². The Hall–Kier alpha value is -0.870. The molecular weight excluding hydrogens is 180 g/mol. The average Bonchev–Trinajstić information content (AvgIpc) is 2.65. The lowest BCUT2D eigenvalue weighted by Gasteiger charge is -2.27. The summed E-state index contributed by atoms with van der Waals surface area (Å²) < 4.78 is 5.34. The highest BCUT2D eigenvalue weighted by Crippen LogP contribution is 2.28. The van der Waals surface area contributed by atoms with Crippen LogP contribution in [0.5, 0.6) is 0 Å². The predicted molar refractivity (Wildman–Crippen MR) is 51.8 cm³/mol. The maximum atomic E-state index is 9.10. The lowest BCUT2D eigenvalue weighted by Crippen LogP contribution is -2.33. The molecule has 0 aliphatic carbocycles. The van der Waals surface area contributed by atoms with Gasteiger partial charge in [0.25, 0.3) is 0 Å². The number of nitrogens with one attached hydrogen (secondary N) is 1. The first kappa shape index (κ1) is 9.68. The summed E-state index contributed by atoms with van der Waals surface area (Å²) in [6, 6.07) is 0.225. The Kier molecular flexibility index (Phi) is 2.84. The molecule has 1 aliphatic rings. The zero-order valence-electron chi connectivity index (χ0n) is 8.36. The van der Waals surface area contributed by atoms with E-state index in [9.17, 15) is 0 Å². The number of aliphatic hydroxyl groups is 1. The molecule has 14 heavy (non-hydrogen) atoms. The van der Waals surface area contributed by atoms with E-state index in [1.165, 1.54) is 6.39 Å². The van der Waals surface area contributed by atoms with Crippen molar-refractivity contribution in [2.24, 2.45) is 5.92 Å². The Labute approximate surface area is 83.3 Å². The molecule has 2 unspecified atom stereocenters. The first-order chi connectivity index (χ1) is 6.81. The van der Waals surface area contributed by atoms with Gasteiger partial charge in [0, 0.05) is 6.61 Å². The van der Waals surface area contributed by atoms with Gasteiger partial charge in [0.15, 0.2) is 6.39 Å². The topological polar surface area (TPSA) is 58.3 Å². The van der Waals surface area contributed by atoms with Gasteiger partial charge >= 0.3 is 0 Å². The van der Waals surface area contributed by atoms with Crippen molar-refractivity contribution in [3.05, 3.63) is 17.8 Å². The van der Waals surface area contributed by atoms with Gasteiger partial charge < -0.3 is 14.8 Å². The maximum Gasteiger partial charge on any atom is 0.181 e. The van der Waals surface area contributed by atoms with E-state index in [0.717, 1.165) is 30.8 Å². The molecule has 0 bridgehead atoms. The predicted octanol–water partition coefficient (Wildman–Crippen LogP) is 1.02. The number of rotatable bonds is 2. The summed E-state index contributed by atoms with van der Waals surface area (Å²) in [5, 5.41) is 12.5. The molecule has 1 aromatic heterocycles. The Bertz CT molecular complexity index is 298. The number of nitrogens with zero attached hydrogens (tertiary/aromatic N) is 1. The van der Waals surface area contributed by atoms with Crippen LogP contribution in [0, 0.1) is 12.8 Å². The van der Waals surface area contributed by atoms with Gasteiger partial charge in [-0.2, -0.15) is 0 Å². The summed E-state index contributed by atoms with van der Waals surface area (Å²) in [5.74, 6) is 1.31. The van der Waals surface area contributed by atoms with Crippen LogP contribution in [-0.2, 0) is 0 Å². The van der Waals surface area contributed by atoms with Gasteiger partial charge in [0.2, 0.25) is 0 Å². The van der Waals surface area contributed by atoms with Crippen molar-refractivity contribution in [2.75, 3.05) is 13.2 Å². The quantitative estimate of drug-likeness (QED) is 0.741. The van der Waals surface area contributed by atoms with Crippen LogP contribution in [0.15, 0.2) is 10.8 Å². The van der Waals surface area contributed by atoms with Gasteiger partial charge in [-0.1, -0.05) is 0 Å². The molecule has 1 fully saturated rings. The zero-order chi connectivity index (χ0) is 9.97. The van der Waals surface area contributed by atoms with Crippen LogP contribution >= 0.6 is 0 Å². The summed E-state index contributed by atoms with van der Waals surface area (Å²) in [4.78, 5) is 4.07. The summed E-state index contributed by atoms with van der Waals surface area (Å²) >= 11 is 0. The normalized spacial score (nSPS) is 27.9. The molecule has 1 aliphatic heterocycles. The van der Waals surface area contributed by atoms with E-state index in [4.69, 9.17) is 9.52 Å². The molecule has 0 radical (unpaired) electrons. The van der Waals surface area contributed by atoms with Gasteiger partial charge in [-0.3, -0.25) is 0 Å². The van der Waals surface area contributed by atoms with E-state index in [2.05, 4.69) is 10.3 Å².